The summed E-state index contributed by atoms with van der Waals surface area (Å²) in [7, 11) is 1.75. The third kappa shape index (κ3) is 2.39. The second kappa shape index (κ2) is 3.95. The molecular weight excluding hydrogens is 186 g/mol. The lowest BCUT2D eigenvalue weighted by Gasteiger charge is -2.13. The molecule has 0 radical (unpaired) electrons. The standard InChI is InChI=1S/C13H19NO/c1-10(15-2)8-11-4-3-5-12(9-11)13(14)6-7-13/h3-5,9-10H,6-8,14H2,1-2H3. The summed E-state index contributed by atoms with van der Waals surface area (Å²) in [6.45, 7) is 2.09. The Balaban J connectivity index is 2.12. The SMILES string of the molecule is COC(C)Cc1cccc(C2(N)CC2)c1. The maximum atomic E-state index is 6.17. The van der Waals surface area contributed by atoms with Crippen molar-refractivity contribution in [2.75, 3.05) is 7.11 Å². The average Bonchev–Trinajstić information content (AvgIpc) is 2.98. The molecular formula is C13H19NO. The van der Waals surface area contributed by atoms with Crippen molar-refractivity contribution in [2.45, 2.75) is 37.8 Å². The number of hydrogen-bond acceptors (Lipinski definition) is 2. The van der Waals surface area contributed by atoms with Gasteiger partial charge in [0, 0.05) is 12.6 Å². The van der Waals surface area contributed by atoms with Crippen molar-refractivity contribution in [3.8, 4) is 0 Å². The highest BCUT2D eigenvalue weighted by molar-refractivity contribution is 5.33. The van der Waals surface area contributed by atoms with Crippen LogP contribution in [0.2, 0.25) is 0 Å². The van der Waals surface area contributed by atoms with Gasteiger partial charge in [0.05, 0.1) is 6.10 Å². The molecule has 2 nitrogen and oxygen atoms in total. The maximum Gasteiger partial charge on any atom is 0.0583 e. The first-order chi connectivity index (χ1) is 7.14. The highest BCUT2D eigenvalue weighted by Gasteiger charge is 2.39. The largest absolute Gasteiger partial charge is 0.381 e. The summed E-state index contributed by atoms with van der Waals surface area (Å²) < 4.78 is 5.26. The van der Waals surface area contributed by atoms with Crippen LogP contribution in [-0.4, -0.2) is 13.2 Å². The van der Waals surface area contributed by atoms with Gasteiger partial charge < -0.3 is 10.5 Å². The van der Waals surface area contributed by atoms with Gasteiger partial charge in [-0.1, -0.05) is 24.3 Å². The van der Waals surface area contributed by atoms with Gasteiger partial charge in [0.25, 0.3) is 0 Å². The first-order valence-electron chi connectivity index (χ1n) is 5.55. The number of rotatable bonds is 4. The molecule has 2 rings (SSSR count). The third-order valence-electron chi connectivity index (χ3n) is 3.22. The van der Waals surface area contributed by atoms with Crippen molar-refractivity contribution in [2.24, 2.45) is 5.73 Å². The minimum Gasteiger partial charge on any atom is -0.381 e. The van der Waals surface area contributed by atoms with Gasteiger partial charge in [-0.25, -0.2) is 0 Å². The Kier molecular flexibility index (Phi) is 2.81. The van der Waals surface area contributed by atoms with E-state index < -0.39 is 0 Å². The van der Waals surface area contributed by atoms with Crippen LogP contribution in [0, 0.1) is 0 Å². The van der Waals surface area contributed by atoms with Crippen LogP contribution >= 0.6 is 0 Å². The molecule has 1 atom stereocenters. The lowest BCUT2D eigenvalue weighted by atomic mass is 10.0. The zero-order valence-electron chi connectivity index (χ0n) is 9.49. The maximum absolute atomic E-state index is 6.17. The van der Waals surface area contributed by atoms with Gasteiger partial charge in [-0.3, -0.25) is 0 Å². The van der Waals surface area contributed by atoms with Crippen molar-refractivity contribution in [3.63, 3.8) is 0 Å². The molecule has 1 aromatic carbocycles. The minimum atomic E-state index is -0.0215. The van der Waals surface area contributed by atoms with Crippen LogP contribution in [0.5, 0.6) is 0 Å². The fraction of sp³-hybridized carbons (Fsp3) is 0.538. The van der Waals surface area contributed by atoms with E-state index in [1.165, 1.54) is 11.1 Å². The fourth-order valence-corrected chi connectivity index (χ4v) is 1.85. The molecule has 0 spiro atoms. The number of hydrogen-bond donors (Lipinski definition) is 1. The van der Waals surface area contributed by atoms with Gasteiger partial charge in [0.15, 0.2) is 0 Å². The summed E-state index contributed by atoms with van der Waals surface area (Å²) in [4.78, 5) is 0. The van der Waals surface area contributed by atoms with E-state index in [9.17, 15) is 0 Å². The molecule has 0 aliphatic heterocycles. The Morgan fingerprint density at radius 3 is 2.80 bits per heavy atom. The number of ether oxygens (including phenoxy) is 1. The topological polar surface area (TPSA) is 35.2 Å². The van der Waals surface area contributed by atoms with Gasteiger partial charge >= 0.3 is 0 Å². The lowest BCUT2D eigenvalue weighted by Crippen LogP contribution is -2.19. The Morgan fingerprint density at radius 1 is 1.47 bits per heavy atom. The molecule has 2 N–H and O–H groups in total. The van der Waals surface area contributed by atoms with Crippen molar-refractivity contribution in [1.82, 2.24) is 0 Å². The van der Waals surface area contributed by atoms with E-state index >= 15 is 0 Å². The zero-order chi connectivity index (χ0) is 10.9. The van der Waals surface area contributed by atoms with Gasteiger partial charge in [0.2, 0.25) is 0 Å². The highest BCUT2D eigenvalue weighted by Crippen LogP contribution is 2.42. The first-order valence-corrected chi connectivity index (χ1v) is 5.55. The Bertz CT molecular complexity index is 344. The van der Waals surface area contributed by atoms with Crippen molar-refractivity contribution < 1.29 is 4.74 Å². The Hall–Kier alpha value is -0.860. The first kappa shape index (κ1) is 10.7. The second-order valence-corrected chi connectivity index (χ2v) is 4.61. The molecule has 2 heteroatoms. The van der Waals surface area contributed by atoms with Crippen LogP contribution in [-0.2, 0) is 16.7 Å². The number of methoxy groups -OCH3 is 1. The van der Waals surface area contributed by atoms with Crippen LogP contribution < -0.4 is 5.73 Å². The molecule has 1 aliphatic rings. The molecule has 1 saturated carbocycles. The van der Waals surface area contributed by atoms with Crippen LogP contribution in [0.15, 0.2) is 24.3 Å². The highest BCUT2D eigenvalue weighted by atomic mass is 16.5. The molecule has 1 aliphatic carbocycles. The van der Waals surface area contributed by atoms with Crippen molar-refractivity contribution in [3.05, 3.63) is 35.4 Å². The molecule has 0 aromatic heterocycles. The van der Waals surface area contributed by atoms with Crippen molar-refractivity contribution in [1.29, 1.82) is 0 Å². The quantitative estimate of drug-likeness (QED) is 0.818. The Morgan fingerprint density at radius 2 is 2.20 bits per heavy atom. The summed E-state index contributed by atoms with van der Waals surface area (Å²) >= 11 is 0. The van der Waals surface area contributed by atoms with Crippen LogP contribution in [0.4, 0.5) is 0 Å². The van der Waals surface area contributed by atoms with E-state index in [4.69, 9.17) is 10.5 Å². The molecule has 0 amide bonds. The molecule has 82 valence electrons. The third-order valence-corrected chi connectivity index (χ3v) is 3.22. The van der Waals surface area contributed by atoms with Gasteiger partial charge in [0.1, 0.15) is 0 Å². The van der Waals surface area contributed by atoms with Gasteiger partial charge in [-0.15, -0.1) is 0 Å². The van der Waals surface area contributed by atoms with E-state index in [1.807, 2.05) is 0 Å². The lowest BCUT2D eigenvalue weighted by molar-refractivity contribution is 0.119. The van der Waals surface area contributed by atoms with Crippen LogP contribution in [0.25, 0.3) is 0 Å². The van der Waals surface area contributed by atoms with E-state index in [-0.39, 0.29) is 11.6 Å². The summed E-state index contributed by atoms with van der Waals surface area (Å²) in [5.74, 6) is 0. The van der Waals surface area contributed by atoms with E-state index in [0.717, 1.165) is 19.3 Å². The number of benzene rings is 1. The fourth-order valence-electron chi connectivity index (χ4n) is 1.85. The predicted octanol–water partition coefficient (Wildman–Crippen LogP) is 2.21. The van der Waals surface area contributed by atoms with Crippen LogP contribution in [0.1, 0.15) is 30.9 Å². The molecule has 1 fully saturated rings. The van der Waals surface area contributed by atoms with Gasteiger partial charge in [-0.2, -0.15) is 0 Å². The molecule has 0 bridgehead atoms. The molecule has 1 unspecified atom stereocenters. The zero-order valence-corrected chi connectivity index (χ0v) is 9.49. The predicted molar refractivity (Wildman–Crippen MR) is 61.7 cm³/mol. The Labute approximate surface area is 91.4 Å². The molecule has 0 saturated heterocycles. The normalized spacial score (nSPS) is 19.9. The average molecular weight is 205 g/mol. The van der Waals surface area contributed by atoms with E-state index in [1.54, 1.807) is 7.11 Å². The monoisotopic (exact) mass is 205 g/mol. The molecule has 15 heavy (non-hydrogen) atoms. The summed E-state index contributed by atoms with van der Waals surface area (Å²) in [6.07, 6.45) is 3.47. The van der Waals surface area contributed by atoms with Crippen molar-refractivity contribution >= 4 is 0 Å². The smallest absolute Gasteiger partial charge is 0.0583 e. The molecule has 1 aromatic rings. The van der Waals surface area contributed by atoms with Gasteiger partial charge in [-0.05, 0) is 37.3 Å². The number of nitrogens with two attached hydrogens (primary N) is 1. The summed E-state index contributed by atoms with van der Waals surface area (Å²) in [5.41, 5.74) is 8.75. The van der Waals surface area contributed by atoms with E-state index in [0.29, 0.717) is 0 Å². The molecule has 0 heterocycles. The van der Waals surface area contributed by atoms with Crippen LogP contribution in [0.3, 0.4) is 0 Å². The minimum absolute atomic E-state index is 0.0215. The summed E-state index contributed by atoms with van der Waals surface area (Å²) in [6, 6.07) is 8.60. The van der Waals surface area contributed by atoms with E-state index in [2.05, 4.69) is 31.2 Å². The summed E-state index contributed by atoms with van der Waals surface area (Å²) in [5, 5.41) is 0. The second-order valence-electron chi connectivity index (χ2n) is 4.61.